The molecule has 2 heterocycles. The first-order valence-electron chi connectivity index (χ1n) is 9.59. The number of piperidine rings is 1. The molecule has 0 aliphatic carbocycles. The van der Waals surface area contributed by atoms with Crippen LogP contribution < -0.4 is 4.80 Å². The van der Waals surface area contributed by atoms with Gasteiger partial charge in [0, 0.05) is 18.1 Å². The van der Waals surface area contributed by atoms with Gasteiger partial charge in [0.15, 0.2) is 16.4 Å². The lowest BCUT2D eigenvalue weighted by Crippen LogP contribution is -2.38. The van der Waals surface area contributed by atoms with Crippen molar-refractivity contribution in [1.82, 2.24) is 9.47 Å². The van der Waals surface area contributed by atoms with Crippen molar-refractivity contribution < 1.29 is 13.9 Å². The third-order valence-electron chi connectivity index (χ3n) is 5.57. The van der Waals surface area contributed by atoms with Gasteiger partial charge in [-0.2, -0.15) is 0 Å². The summed E-state index contributed by atoms with van der Waals surface area (Å²) in [5, 5.41) is 19.3. The SMILES string of the molecule is Cl.Cl.N=c1sc2cc(Cl)ccc2n1CC1CCN(C[C@@H](O)c2ccc(F)c(F)c2)CC1. The number of aliphatic hydroxyl groups is 1. The Morgan fingerprint density at radius 3 is 2.48 bits per heavy atom. The Balaban J connectivity index is 0.00000171. The van der Waals surface area contributed by atoms with Gasteiger partial charge in [-0.05, 0) is 67.7 Å². The molecule has 1 aliphatic heterocycles. The van der Waals surface area contributed by atoms with E-state index in [1.807, 2.05) is 22.8 Å². The van der Waals surface area contributed by atoms with Gasteiger partial charge in [-0.3, -0.25) is 5.41 Å². The first-order valence-corrected chi connectivity index (χ1v) is 10.8. The quantitative estimate of drug-likeness (QED) is 0.483. The van der Waals surface area contributed by atoms with Gasteiger partial charge < -0.3 is 14.6 Å². The Labute approximate surface area is 200 Å². The van der Waals surface area contributed by atoms with Crippen molar-refractivity contribution in [2.24, 2.45) is 5.92 Å². The fraction of sp³-hybridized carbons (Fsp3) is 0.381. The van der Waals surface area contributed by atoms with Crippen LogP contribution in [0.5, 0.6) is 0 Å². The van der Waals surface area contributed by atoms with Crippen molar-refractivity contribution >= 4 is 58.0 Å². The lowest BCUT2D eigenvalue weighted by Gasteiger charge is -2.33. The first-order chi connectivity index (χ1) is 13.9. The highest BCUT2D eigenvalue weighted by molar-refractivity contribution is 7.16. The second-order valence-corrected chi connectivity index (χ2v) is 9.03. The molecule has 10 heteroatoms. The maximum atomic E-state index is 13.4. The minimum Gasteiger partial charge on any atom is -0.387 e. The highest BCUT2D eigenvalue weighted by Gasteiger charge is 2.23. The van der Waals surface area contributed by atoms with E-state index < -0.39 is 17.7 Å². The molecule has 3 aromatic rings. The summed E-state index contributed by atoms with van der Waals surface area (Å²) >= 11 is 7.50. The topological polar surface area (TPSA) is 52.2 Å². The van der Waals surface area contributed by atoms with E-state index in [4.69, 9.17) is 17.0 Å². The lowest BCUT2D eigenvalue weighted by atomic mass is 9.96. The summed E-state index contributed by atoms with van der Waals surface area (Å²) in [6.07, 6.45) is 1.07. The van der Waals surface area contributed by atoms with E-state index in [-0.39, 0.29) is 24.8 Å². The van der Waals surface area contributed by atoms with Crippen LogP contribution in [-0.2, 0) is 6.54 Å². The van der Waals surface area contributed by atoms with E-state index in [0.717, 1.165) is 54.8 Å². The number of β-amino-alcohol motifs (C(OH)–C–C–N with tert-alkyl or cyclic N) is 1. The highest BCUT2D eigenvalue weighted by atomic mass is 35.5. The summed E-state index contributed by atoms with van der Waals surface area (Å²) in [6.45, 7) is 2.84. The second kappa shape index (κ2) is 11.1. The van der Waals surface area contributed by atoms with E-state index in [0.29, 0.717) is 27.9 Å². The van der Waals surface area contributed by atoms with Crippen LogP contribution in [0.15, 0.2) is 36.4 Å². The molecular formula is C21H24Cl3F2N3OS. The summed E-state index contributed by atoms with van der Waals surface area (Å²) < 4.78 is 29.5. The fourth-order valence-corrected chi connectivity index (χ4v) is 5.12. The van der Waals surface area contributed by atoms with Crippen molar-refractivity contribution in [2.75, 3.05) is 19.6 Å². The Hall–Kier alpha value is -1.22. The van der Waals surface area contributed by atoms with Crippen molar-refractivity contribution in [3.05, 3.63) is 63.4 Å². The normalized spacial score (nSPS) is 16.0. The number of hydrogen-bond donors (Lipinski definition) is 2. The monoisotopic (exact) mass is 509 g/mol. The smallest absolute Gasteiger partial charge is 0.182 e. The Morgan fingerprint density at radius 2 is 1.81 bits per heavy atom. The first kappa shape index (κ1) is 26.0. The zero-order chi connectivity index (χ0) is 20.5. The molecule has 4 nitrogen and oxygen atoms in total. The molecule has 170 valence electrons. The van der Waals surface area contributed by atoms with Gasteiger partial charge >= 0.3 is 0 Å². The van der Waals surface area contributed by atoms with E-state index in [2.05, 4.69) is 4.90 Å². The van der Waals surface area contributed by atoms with Gasteiger partial charge in [-0.1, -0.05) is 29.0 Å². The van der Waals surface area contributed by atoms with Crippen LogP contribution in [0.3, 0.4) is 0 Å². The van der Waals surface area contributed by atoms with Gasteiger partial charge in [0.05, 0.1) is 16.3 Å². The van der Waals surface area contributed by atoms with Crippen molar-refractivity contribution in [1.29, 1.82) is 5.41 Å². The molecule has 0 saturated carbocycles. The number of rotatable bonds is 5. The van der Waals surface area contributed by atoms with E-state index in [1.54, 1.807) is 0 Å². The molecule has 0 amide bonds. The predicted molar refractivity (Wildman–Crippen MR) is 126 cm³/mol. The number of likely N-dealkylation sites (tertiary alicyclic amines) is 1. The van der Waals surface area contributed by atoms with E-state index in [1.165, 1.54) is 17.4 Å². The summed E-state index contributed by atoms with van der Waals surface area (Å²) in [4.78, 5) is 2.68. The number of halogens is 5. The number of fused-ring (bicyclic) bond motifs is 1. The molecule has 1 atom stereocenters. The Morgan fingerprint density at radius 1 is 1.10 bits per heavy atom. The number of aromatic nitrogens is 1. The Kier molecular flexibility index (Phi) is 9.30. The summed E-state index contributed by atoms with van der Waals surface area (Å²) in [5.74, 6) is -1.39. The maximum Gasteiger partial charge on any atom is 0.182 e. The summed E-state index contributed by atoms with van der Waals surface area (Å²) in [5.41, 5.74) is 1.43. The fourth-order valence-electron chi connectivity index (χ4n) is 3.92. The molecule has 1 aliphatic rings. The number of hydrogen-bond acceptors (Lipinski definition) is 4. The zero-order valence-electron chi connectivity index (χ0n) is 16.6. The zero-order valence-corrected chi connectivity index (χ0v) is 19.8. The second-order valence-electron chi connectivity index (χ2n) is 7.56. The number of thiazole rings is 1. The highest BCUT2D eigenvalue weighted by Crippen LogP contribution is 2.26. The predicted octanol–water partition coefficient (Wildman–Crippen LogP) is 5.40. The molecular weight excluding hydrogens is 487 g/mol. The third-order valence-corrected chi connectivity index (χ3v) is 6.77. The molecule has 0 unspecified atom stereocenters. The lowest BCUT2D eigenvalue weighted by molar-refractivity contribution is 0.0864. The van der Waals surface area contributed by atoms with Gasteiger partial charge in [-0.25, -0.2) is 8.78 Å². The molecule has 0 radical (unpaired) electrons. The summed E-state index contributed by atoms with van der Waals surface area (Å²) in [7, 11) is 0. The van der Waals surface area contributed by atoms with Gasteiger partial charge in [0.1, 0.15) is 0 Å². The standard InChI is InChI=1S/C21H22ClF2N3OS.2ClH/c22-15-2-4-18-20(10-15)29-21(25)27(18)11-13-5-7-26(8-6-13)12-19(28)14-1-3-16(23)17(24)9-14;;/h1-4,9-10,13,19,25,28H,5-8,11-12H2;2*1H/t19-;;/m1../s1. The van der Waals surface area contributed by atoms with E-state index >= 15 is 0 Å². The Bertz CT molecular complexity index is 1080. The number of benzene rings is 2. The number of aliphatic hydroxyl groups excluding tert-OH is 1. The van der Waals surface area contributed by atoms with Crippen molar-refractivity contribution in [3.63, 3.8) is 0 Å². The van der Waals surface area contributed by atoms with E-state index in [9.17, 15) is 13.9 Å². The maximum absolute atomic E-state index is 13.4. The molecule has 4 rings (SSSR count). The van der Waals surface area contributed by atoms with Gasteiger partial charge in [0.2, 0.25) is 0 Å². The minimum atomic E-state index is -0.937. The van der Waals surface area contributed by atoms with Crippen LogP contribution in [0.1, 0.15) is 24.5 Å². The van der Waals surface area contributed by atoms with Gasteiger partial charge in [0.25, 0.3) is 0 Å². The van der Waals surface area contributed by atoms with Crippen LogP contribution in [0, 0.1) is 23.0 Å². The van der Waals surface area contributed by atoms with Crippen LogP contribution >= 0.6 is 47.8 Å². The van der Waals surface area contributed by atoms with Gasteiger partial charge in [-0.15, -0.1) is 24.8 Å². The number of nitrogens with one attached hydrogen (secondary N) is 1. The molecule has 2 N–H and O–H groups in total. The summed E-state index contributed by atoms with van der Waals surface area (Å²) in [6, 6.07) is 9.27. The van der Waals surface area contributed by atoms with Crippen LogP contribution in [0.4, 0.5) is 8.78 Å². The van der Waals surface area contributed by atoms with Crippen LogP contribution in [0.25, 0.3) is 10.2 Å². The molecule has 1 saturated heterocycles. The minimum absolute atomic E-state index is 0. The molecule has 1 aromatic heterocycles. The van der Waals surface area contributed by atoms with Crippen LogP contribution in [0.2, 0.25) is 5.02 Å². The molecule has 0 spiro atoms. The average Bonchev–Trinajstić information content (AvgIpc) is 2.99. The molecule has 1 fully saturated rings. The van der Waals surface area contributed by atoms with Crippen molar-refractivity contribution in [2.45, 2.75) is 25.5 Å². The third kappa shape index (κ3) is 5.97. The average molecular weight is 511 g/mol. The van der Waals surface area contributed by atoms with Crippen molar-refractivity contribution in [3.8, 4) is 0 Å². The molecule has 0 bridgehead atoms. The number of nitrogens with zero attached hydrogens (tertiary/aromatic N) is 2. The molecule has 2 aromatic carbocycles. The largest absolute Gasteiger partial charge is 0.387 e. The van der Waals surface area contributed by atoms with Crippen LogP contribution in [-0.4, -0.2) is 34.2 Å². The molecule has 31 heavy (non-hydrogen) atoms.